The number of carbonyl (C=O) groups excluding carboxylic acids is 1. The molecule has 0 saturated carbocycles. The van der Waals surface area contributed by atoms with Crippen molar-refractivity contribution in [2.75, 3.05) is 20.3 Å². The Balaban J connectivity index is 2.07. The van der Waals surface area contributed by atoms with E-state index in [1.54, 1.807) is 13.0 Å². The number of hydrogen-bond acceptors (Lipinski definition) is 5. The van der Waals surface area contributed by atoms with Crippen molar-refractivity contribution in [1.82, 2.24) is 0 Å². The zero-order valence-electron chi connectivity index (χ0n) is 18.4. The second-order valence-electron chi connectivity index (χ2n) is 8.23. The highest BCUT2D eigenvalue weighted by Crippen LogP contribution is 2.41. The van der Waals surface area contributed by atoms with Gasteiger partial charge in [-0.15, -0.1) is 0 Å². The zero-order chi connectivity index (χ0) is 24.6. The molecule has 1 aliphatic heterocycles. The summed E-state index contributed by atoms with van der Waals surface area (Å²) >= 11 is 0. The summed E-state index contributed by atoms with van der Waals surface area (Å²) in [5.41, 5.74) is -2.31. The zero-order valence-corrected chi connectivity index (χ0v) is 18.4. The molecule has 1 aliphatic carbocycles. The normalized spacial score (nSPS) is 22.2. The molecule has 3 rings (SSSR count). The molecule has 1 aromatic rings. The molecule has 1 heterocycles. The highest BCUT2D eigenvalue weighted by Gasteiger charge is 2.51. The molecule has 178 valence electrons. The van der Waals surface area contributed by atoms with Crippen LogP contribution in [0.3, 0.4) is 0 Å². The monoisotopic (exact) mass is 466 g/mol. The molecule has 0 radical (unpaired) electrons. The Kier molecular flexibility index (Phi) is 6.85. The van der Waals surface area contributed by atoms with Gasteiger partial charge in [0.25, 0.3) is 0 Å². The lowest BCUT2D eigenvalue weighted by molar-refractivity contribution is -0.150. The number of rotatable bonds is 7. The van der Waals surface area contributed by atoms with Crippen LogP contribution in [0.2, 0.25) is 0 Å². The molecule has 33 heavy (non-hydrogen) atoms. The highest BCUT2D eigenvalue weighted by molar-refractivity contribution is 6.02. The maximum absolute atomic E-state index is 14.0. The van der Waals surface area contributed by atoms with Gasteiger partial charge in [-0.05, 0) is 37.0 Å². The largest absolute Gasteiger partial charge is 0.496 e. The van der Waals surface area contributed by atoms with Crippen LogP contribution >= 0.6 is 0 Å². The van der Waals surface area contributed by atoms with Gasteiger partial charge in [0.1, 0.15) is 17.3 Å². The van der Waals surface area contributed by atoms with Gasteiger partial charge in [0.15, 0.2) is 5.78 Å². The smallest absolute Gasteiger partial charge is 0.414 e. The molecule has 2 aliphatic rings. The summed E-state index contributed by atoms with van der Waals surface area (Å²) in [5.74, 6) is -2.43. The van der Waals surface area contributed by atoms with Gasteiger partial charge >= 0.3 is 12.1 Å². The Morgan fingerprint density at radius 2 is 1.94 bits per heavy atom. The van der Waals surface area contributed by atoms with Crippen LogP contribution < -0.4 is 0 Å². The molecule has 3 atom stereocenters. The van der Waals surface area contributed by atoms with Crippen LogP contribution in [-0.4, -0.2) is 54.6 Å². The lowest BCUT2D eigenvalue weighted by Crippen LogP contribution is -2.47. The van der Waals surface area contributed by atoms with Crippen molar-refractivity contribution >= 4 is 11.8 Å². The van der Waals surface area contributed by atoms with Crippen LogP contribution in [0.5, 0.6) is 0 Å². The van der Waals surface area contributed by atoms with Gasteiger partial charge in [0.2, 0.25) is 0 Å². The topological polar surface area (TPSA) is 93.1 Å². The van der Waals surface area contributed by atoms with Gasteiger partial charge in [-0.2, -0.15) is 13.2 Å². The van der Waals surface area contributed by atoms with Crippen LogP contribution in [0, 0.1) is 5.92 Å². The fourth-order valence-corrected chi connectivity index (χ4v) is 4.34. The third-order valence-corrected chi connectivity index (χ3v) is 6.39. The number of alkyl halides is 3. The van der Waals surface area contributed by atoms with Gasteiger partial charge in [-0.3, -0.25) is 9.59 Å². The van der Waals surface area contributed by atoms with Gasteiger partial charge < -0.3 is 19.7 Å². The van der Waals surface area contributed by atoms with E-state index in [1.807, 2.05) is 0 Å². The molecule has 1 aromatic carbocycles. The minimum atomic E-state index is -5.04. The number of halogens is 3. The van der Waals surface area contributed by atoms with Crippen LogP contribution in [0.1, 0.15) is 25.8 Å². The Hall–Kier alpha value is -2.91. The van der Waals surface area contributed by atoms with Gasteiger partial charge in [0, 0.05) is 5.57 Å². The second-order valence-corrected chi connectivity index (χ2v) is 8.23. The standard InChI is InChI=1S/C24H25F3O6/c1-13-16-11-33-12-17(16)19(28)15(20(13)32-3)9-10-18(24(25,26)27)21(29)23(2,22(30)31)14-7-5-4-6-8-14/h4-8,10,17,21,29H,9,11-12H2,1-3H3,(H,30,31)/b18-10+. The van der Waals surface area contributed by atoms with E-state index >= 15 is 0 Å². The predicted octanol–water partition coefficient (Wildman–Crippen LogP) is 3.71. The van der Waals surface area contributed by atoms with Crippen molar-refractivity contribution < 1.29 is 42.4 Å². The molecule has 0 aromatic heterocycles. The number of ether oxygens (including phenoxy) is 2. The Labute approximate surface area is 189 Å². The van der Waals surface area contributed by atoms with E-state index < -0.39 is 47.4 Å². The van der Waals surface area contributed by atoms with Crippen molar-refractivity contribution in [1.29, 1.82) is 0 Å². The molecule has 9 heteroatoms. The molecule has 2 N–H and O–H groups in total. The average molecular weight is 466 g/mol. The number of aliphatic hydroxyl groups is 1. The highest BCUT2D eigenvalue weighted by atomic mass is 19.4. The number of aliphatic carboxylic acids is 1. The number of methoxy groups -OCH3 is 1. The molecule has 1 saturated heterocycles. The maximum atomic E-state index is 14.0. The van der Waals surface area contributed by atoms with E-state index in [4.69, 9.17) is 9.47 Å². The van der Waals surface area contributed by atoms with E-state index in [0.717, 1.165) is 12.5 Å². The summed E-state index contributed by atoms with van der Waals surface area (Å²) in [6.45, 7) is 3.13. The quantitative estimate of drug-likeness (QED) is 0.595. The fourth-order valence-electron chi connectivity index (χ4n) is 4.34. The first-order valence-corrected chi connectivity index (χ1v) is 10.3. The van der Waals surface area contributed by atoms with E-state index in [-0.39, 0.29) is 30.1 Å². The van der Waals surface area contributed by atoms with E-state index in [1.165, 1.54) is 31.4 Å². The lowest BCUT2D eigenvalue weighted by atomic mass is 9.74. The fraction of sp³-hybridized carbons (Fsp3) is 0.417. The number of carbonyl (C=O) groups is 2. The first kappa shape index (κ1) is 24.7. The number of allylic oxidation sites excluding steroid dienone is 3. The van der Waals surface area contributed by atoms with Crippen LogP contribution in [0.4, 0.5) is 13.2 Å². The lowest BCUT2D eigenvalue weighted by Gasteiger charge is -2.33. The van der Waals surface area contributed by atoms with Gasteiger partial charge in [-0.25, -0.2) is 0 Å². The number of aliphatic hydroxyl groups excluding tert-OH is 1. The van der Waals surface area contributed by atoms with Crippen LogP contribution in [0.25, 0.3) is 0 Å². The SMILES string of the molecule is COC1=C(C/C=C(\C(O)C(C)(C(=O)O)c2ccccc2)C(F)(F)F)C(=O)C2COCC2=C1C. The first-order chi connectivity index (χ1) is 15.4. The van der Waals surface area contributed by atoms with E-state index in [2.05, 4.69) is 0 Å². The molecule has 3 unspecified atom stereocenters. The number of benzene rings is 1. The molecule has 0 spiro atoms. The number of Topliss-reactive ketones (excluding diaryl/α,β-unsaturated/α-hetero) is 1. The Morgan fingerprint density at radius 3 is 2.48 bits per heavy atom. The third-order valence-electron chi connectivity index (χ3n) is 6.39. The van der Waals surface area contributed by atoms with E-state index in [0.29, 0.717) is 11.6 Å². The number of fused-ring (bicyclic) bond motifs is 1. The molecular weight excluding hydrogens is 441 g/mol. The summed E-state index contributed by atoms with van der Waals surface area (Å²) in [4.78, 5) is 25.0. The predicted molar refractivity (Wildman–Crippen MR) is 112 cm³/mol. The number of carboxylic acids is 1. The minimum Gasteiger partial charge on any atom is -0.496 e. The Bertz CT molecular complexity index is 1040. The van der Waals surface area contributed by atoms with Crippen molar-refractivity contribution in [3.8, 4) is 0 Å². The van der Waals surface area contributed by atoms with Crippen molar-refractivity contribution in [3.63, 3.8) is 0 Å². The van der Waals surface area contributed by atoms with Crippen molar-refractivity contribution in [2.45, 2.75) is 38.0 Å². The third kappa shape index (κ3) is 4.35. The van der Waals surface area contributed by atoms with Gasteiger partial charge in [0.05, 0.1) is 31.8 Å². The summed E-state index contributed by atoms with van der Waals surface area (Å²) < 4.78 is 52.7. The van der Waals surface area contributed by atoms with Crippen LogP contribution in [-0.2, 0) is 24.5 Å². The summed E-state index contributed by atoms with van der Waals surface area (Å²) in [5, 5.41) is 20.6. The molecule has 0 amide bonds. The molecule has 1 fully saturated rings. The van der Waals surface area contributed by atoms with Gasteiger partial charge in [-0.1, -0.05) is 36.4 Å². The van der Waals surface area contributed by atoms with Crippen molar-refractivity contribution in [2.24, 2.45) is 5.92 Å². The minimum absolute atomic E-state index is 0.0113. The maximum Gasteiger partial charge on any atom is 0.414 e. The van der Waals surface area contributed by atoms with E-state index in [9.17, 15) is 33.0 Å². The summed E-state index contributed by atoms with van der Waals surface area (Å²) in [6, 6.07) is 7.23. The Morgan fingerprint density at radius 1 is 1.30 bits per heavy atom. The number of hydrogen-bond donors (Lipinski definition) is 2. The second kappa shape index (κ2) is 9.15. The molecule has 0 bridgehead atoms. The number of ketones is 1. The summed E-state index contributed by atoms with van der Waals surface area (Å²) in [7, 11) is 1.32. The number of carboxylic acid groups (broad SMARTS) is 1. The summed E-state index contributed by atoms with van der Waals surface area (Å²) in [6.07, 6.45) is -7.28. The van der Waals surface area contributed by atoms with Crippen LogP contribution in [0.15, 0.2) is 64.5 Å². The molecular formula is C24H25F3O6. The first-order valence-electron chi connectivity index (χ1n) is 10.3. The molecule has 6 nitrogen and oxygen atoms in total. The van der Waals surface area contributed by atoms with Crippen molar-refractivity contribution in [3.05, 3.63) is 70.0 Å². The average Bonchev–Trinajstić information content (AvgIpc) is 3.26.